The molecule has 2 aliphatic heterocycles. The highest BCUT2D eigenvalue weighted by Crippen LogP contribution is 2.18. The summed E-state index contributed by atoms with van der Waals surface area (Å²) in [6.07, 6.45) is 2.48. The van der Waals surface area contributed by atoms with Crippen molar-refractivity contribution in [1.29, 1.82) is 0 Å². The lowest BCUT2D eigenvalue weighted by Crippen LogP contribution is -2.52. The molecule has 0 aromatic heterocycles. The number of hydrogen-bond acceptors (Lipinski definition) is 3. The van der Waals surface area contributed by atoms with Gasteiger partial charge < -0.3 is 15.1 Å². The smallest absolute Gasteiger partial charge is 0.317 e. The second-order valence-electron chi connectivity index (χ2n) is 8.54. The van der Waals surface area contributed by atoms with Crippen molar-refractivity contribution in [3.63, 3.8) is 0 Å². The normalized spacial score (nSPS) is 22.2. The van der Waals surface area contributed by atoms with E-state index >= 15 is 0 Å². The van der Waals surface area contributed by atoms with Crippen LogP contribution in [0, 0.1) is 12.8 Å². The first kappa shape index (κ1) is 20.2. The van der Waals surface area contributed by atoms with E-state index in [1.54, 1.807) is 0 Å². The van der Waals surface area contributed by atoms with Gasteiger partial charge in [0.15, 0.2) is 0 Å². The molecule has 1 atom stereocenters. The second kappa shape index (κ2) is 9.56. The maximum atomic E-state index is 12.5. The van der Waals surface area contributed by atoms with E-state index in [4.69, 9.17) is 0 Å². The minimum atomic E-state index is 0.117. The SMILES string of the molecule is Cc1cccc(CN2CCN(C(=O)NC[C@@H]3CCCN(C(C)C)C3)CC2)c1. The summed E-state index contributed by atoms with van der Waals surface area (Å²) in [5, 5.41) is 3.20. The molecule has 0 radical (unpaired) electrons. The first-order valence-electron chi connectivity index (χ1n) is 10.6. The molecule has 1 N–H and O–H groups in total. The van der Waals surface area contributed by atoms with E-state index in [1.807, 2.05) is 4.90 Å². The number of hydrogen-bond donors (Lipinski definition) is 1. The van der Waals surface area contributed by atoms with Crippen LogP contribution in [0.2, 0.25) is 0 Å². The molecular weight excluding hydrogens is 336 g/mol. The summed E-state index contributed by atoms with van der Waals surface area (Å²) in [7, 11) is 0. The summed E-state index contributed by atoms with van der Waals surface area (Å²) in [4.78, 5) is 19.5. The Bertz CT molecular complexity index is 610. The van der Waals surface area contributed by atoms with Crippen molar-refractivity contribution in [1.82, 2.24) is 20.0 Å². The number of carbonyl (C=O) groups is 1. The summed E-state index contributed by atoms with van der Waals surface area (Å²) in [5.41, 5.74) is 2.67. The number of piperazine rings is 1. The molecule has 0 spiro atoms. The molecule has 3 rings (SSSR count). The van der Waals surface area contributed by atoms with Gasteiger partial charge in [-0.05, 0) is 51.6 Å². The van der Waals surface area contributed by atoms with Crippen LogP contribution in [0.25, 0.3) is 0 Å². The molecule has 1 aromatic carbocycles. The van der Waals surface area contributed by atoms with Gasteiger partial charge in [0.05, 0.1) is 0 Å². The fourth-order valence-electron chi connectivity index (χ4n) is 4.25. The van der Waals surface area contributed by atoms with E-state index in [0.29, 0.717) is 12.0 Å². The van der Waals surface area contributed by atoms with Gasteiger partial charge in [-0.25, -0.2) is 4.79 Å². The number of rotatable bonds is 5. The molecule has 2 heterocycles. The van der Waals surface area contributed by atoms with E-state index in [2.05, 4.69) is 60.2 Å². The lowest BCUT2D eigenvalue weighted by molar-refractivity contribution is 0.124. The van der Waals surface area contributed by atoms with Crippen molar-refractivity contribution in [2.75, 3.05) is 45.8 Å². The molecule has 2 amide bonds. The molecule has 2 fully saturated rings. The molecular formula is C22H36N4O. The van der Waals surface area contributed by atoms with Crippen LogP contribution in [-0.4, -0.2) is 72.6 Å². The largest absolute Gasteiger partial charge is 0.338 e. The summed E-state index contributed by atoms with van der Waals surface area (Å²) in [5.74, 6) is 0.590. The van der Waals surface area contributed by atoms with E-state index in [9.17, 15) is 4.79 Å². The van der Waals surface area contributed by atoms with E-state index in [0.717, 1.165) is 45.8 Å². The van der Waals surface area contributed by atoms with Gasteiger partial charge in [0.25, 0.3) is 0 Å². The number of nitrogens with zero attached hydrogens (tertiary/aromatic N) is 3. The fourth-order valence-corrected chi connectivity index (χ4v) is 4.25. The van der Waals surface area contributed by atoms with Crippen LogP contribution >= 0.6 is 0 Å². The monoisotopic (exact) mass is 372 g/mol. The molecule has 0 unspecified atom stereocenters. The Morgan fingerprint density at radius 1 is 1.19 bits per heavy atom. The first-order chi connectivity index (χ1) is 13.0. The molecule has 0 saturated carbocycles. The standard InChI is InChI=1S/C22H36N4O/c1-18(2)26-9-5-8-21(17-26)15-23-22(27)25-12-10-24(11-13-25)16-20-7-4-6-19(3)14-20/h4,6-7,14,18,21H,5,8-13,15-17H2,1-3H3,(H,23,27)/t21-/m0/s1. The second-order valence-corrected chi connectivity index (χ2v) is 8.54. The Labute approximate surface area is 164 Å². The van der Waals surface area contributed by atoms with E-state index < -0.39 is 0 Å². The van der Waals surface area contributed by atoms with Gasteiger partial charge in [0.1, 0.15) is 0 Å². The molecule has 2 saturated heterocycles. The van der Waals surface area contributed by atoms with Crippen LogP contribution in [0.5, 0.6) is 0 Å². The molecule has 0 aliphatic carbocycles. The lowest BCUT2D eigenvalue weighted by Gasteiger charge is -2.37. The number of likely N-dealkylation sites (tertiary alicyclic amines) is 1. The van der Waals surface area contributed by atoms with Crippen LogP contribution in [0.1, 0.15) is 37.8 Å². The maximum absolute atomic E-state index is 12.5. The van der Waals surface area contributed by atoms with Gasteiger partial charge in [-0.2, -0.15) is 0 Å². The Kier molecular flexibility index (Phi) is 7.13. The molecule has 2 aliphatic rings. The Hall–Kier alpha value is -1.59. The van der Waals surface area contributed by atoms with Crippen molar-refractivity contribution in [2.45, 2.75) is 46.2 Å². The zero-order chi connectivity index (χ0) is 19.2. The highest BCUT2D eigenvalue weighted by Gasteiger charge is 2.24. The predicted molar refractivity (Wildman–Crippen MR) is 111 cm³/mol. The highest BCUT2D eigenvalue weighted by molar-refractivity contribution is 5.74. The van der Waals surface area contributed by atoms with Gasteiger partial charge in [0.2, 0.25) is 0 Å². The third-order valence-electron chi connectivity index (χ3n) is 5.97. The summed E-state index contributed by atoms with van der Waals surface area (Å²) in [6, 6.07) is 9.43. The number of benzene rings is 1. The van der Waals surface area contributed by atoms with Gasteiger partial charge in [0, 0.05) is 51.9 Å². The quantitative estimate of drug-likeness (QED) is 0.864. The molecule has 1 aromatic rings. The third-order valence-corrected chi connectivity index (χ3v) is 5.97. The van der Waals surface area contributed by atoms with Crippen molar-refractivity contribution in [2.24, 2.45) is 5.92 Å². The number of nitrogens with one attached hydrogen (secondary N) is 1. The molecule has 0 bridgehead atoms. The van der Waals surface area contributed by atoms with Gasteiger partial charge in [-0.15, -0.1) is 0 Å². The van der Waals surface area contributed by atoms with Gasteiger partial charge >= 0.3 is 6.03 Å². The van der Waals surface area contributed by atoms with Crippen LogP contribution < -0.4 is 5.32 Å². The Morgan fingerprint density at radius 2 is 1.96 bits per heavy atom. The number of piperidine rings is 1. The Balaban J connectivity index is 1.38. The average Bonchev–Trinajstić information content (AvgIpc) is 2.67. The van der Waals surface area contributed by atoms with Crippen molar-refractivity contribution in [3.05, 3.63) is 35.4 Å². The predicted octanol–water partition coefficient (Wildman–Crippen LogP) is 2.94. The summed E-state index contributed by atoms with van der Waals surface area (Å²) >= 11 is 0. The van der Waals surface area contributed by atoms with Crippen LogP contribution in [0.15, 0.2) is 24.3 Å². The number of aryl methyl sites for hydroxylation is 1. The number of carbonyl (C=O) groups excluding carboxylic acids is 1. The summed E-state index contributed by atoms with van der Waals surface area (Å²) in [6.45, 7) is 14.3. The van der Waals surface area contributed by atoms with Gasteiger partial charge in [-0.3, -0.25) is 4.90 Å². The zero-order valence-corrected chi connectivity index (χ0v) is 17.3. The molecule has 5 heteroatoms. The first-order valence-corrected chi connectivity index (χ1v) is 10.6. The third kappa shape index (κ3) is 5.94. The fraction of sp³-hybridized carbons (Fsp3) is 0.682. The van der Waals surface area contributed by atoms with E-state index in [-0.39, 0.29) is 6.03 Å². The maximum Gasteiger partial charge on any atom is 0.317 e. The average molecular weight is 373 g/mol. The minimum Gasteiger partial charge on any atom is -0.338 e. The van der Waals surface area contributed by atoms with Crippen LogP contribution in [-0.2, 0) is 6.54 Å². The minimum absolute atomic E-state index is 0.117. The molecule has 150 valence electrons. The number of urea groups is 1. The van der Waals surface area contributed by atoms with E-state index in [1.165, 1.54) is 30.5 Å². The van der Waals surface area contributed by atoms with Crippen molar-refractivity contribution in [3.8, 4) is 0 Å². The van der Waals surface area contributed by atoms with Crippen molar-refractivity contribution < 1.29 is 4.79 Å². The van der Waals surface area contributed by atoms with Crippen LogP contribution in [0.3, 0.4) is 0 Å². The Morgan fingerprint density at radius 3 is 2.67 bits per heavy atom. The summed E-state index contributed by atoms with van der Waals surface area (Å²) < 4.78 is 0. The van der Waals surface area contributed by atoms with Gasteiger partial charge in [-0.1, -0.05) is 29.8 Å². The van der Waals surface area contributed by atoms with Crippen molar-refractivity contribution >= 4 is 6.03 Å². The topological polar surface area (TPSA) is 38.8 Å². The zero-order valence-electron chi connectivity index (χ0n) is 17.3. The molecule has 27 heavy (non-hydrogen) atoms. The highest BCUT2D eigenvalue weighted by atomic mass is 16.2. The molecule has 5 nitrogen and oxygen atoms in total. The number of amides is 2. The van der Waals surface area contributed by atoms with Crippen LogP contribution in [0.4, 0.5) is 4.79 Å². The lowest BCUT2D eigenvalue weighted by atomic mass is 9.97.